The molecule has 0 aromatic heterocycles. The molecule has 0 bridgehead atoms. The normalized spacial score (nSPS) is 16.1. The van der Waals surface area contributed by atoms with Crippen LogP contribution in [0.25, 0.3) is 0 Å². The molecule has 1 aromatic carbocycles. The van der Waals surface area contributed by atoms with E-state index in [2.05, 4.69) is 0 Å². The van der Waals surface area contributed by atoms with E-state index in [0.717, 1.165) is 30.5 Å². The summed E-state index contributed by atoms with van der Waals surface area (Å²) >= 11 is 5.65. The Bertz CT molecular complexity index is 548. The van der Waals surface area contributed by atoms with E-state index in [1.54, 1.807) is 11.4 Å². The van der Waals surface area contributed by atoms with E-state index in [4.69, 9.17) is 11.6 Å². The molecular formula is C14H21ClN2O2S. The summed E-state index contributed by atoms with van der Waals surface area (Å²) in [6.07, 6.45) is 3.51. The maximum absolute atomic E-state index is 12.7. The second-order valence-electron chi connectivity index (χ2n) is 5.03. The molecule has 6 heteroatoms. The van der Waals surface area contributed by atoms with Crippen molar-refractivity contribution in [2.45, 2.75) is 25.7 Å². The zero-order chi connectivity index (χ0) is 14.6. The number of halogens is 1. The minimum absolute atomic E-state index is 0.449. The van der Waals surface area contributed by atoms with Gasteiger partial charge in [-0.1, -0.05) is 18.2 Å². The first-order valence-corrected chi connectivity index (χ1v) is 8.88. The van der Waals surface area contributed by atoms with Gasteiger partial charge in [0.2, 0.25) is 0 Å². The van der Waals surface area contributed by atoms with Crippen LogP contribution in [0.4, 0.5) is 5.69 Å². The van der Waals surface area contributed by atoms with Crippen LogP contribution in [0.1, 0.15) is 24.8 Å². The number of hydrogen-bond acceptors (Lipinski definition) is 2. The number of para-hydroxylation sites is 1. The SMILES string of the molecule is CN(CCCCl)S(=O)(=O)N1CCCCc2ccccc21. The van der Waals surface area contributed by atoms with Crippen LogP contribution in [0.3, 0.4) is 0 Å². The summed E-state index contributed by atoms with van der Waals surface area (Å²) < 4.78 is 28.4. The number of rotatable bonds is 5. The van der Waals surface area contributed by atoms with Gasteiger partial charge in [0.15, 0.2) is 0 Å². The van der Waals surface area contributed by atoms with Crippen LogP contribution >= 0.6 is 11.6 Å². The number of alkyl halides is 1. The van der Waals surface area contributed by atoms with Crippen molar-refractivity contribution in [2.24, 2.45) is 0 Å². The number of fused-ring (bicyclic) bond motifs is 1. The molecule has 4 nitrogen and oxygen atoms in total. The van der Waals surface area contributed by atoms with Crippen LogP contribution < -0.4 is 4.31 Å². The molecule has 0 amide bonds. The summed E-state index contributed by atoms with van der Waals surface area (Å²) in [5.41, 5.74) is 1.93. The number of benzene rings is 1. The quantitative estimate of drug-likeness (QED) is 0.784. The minimum atomic E-state index is -3.46. The standard InChI is InChI=1S/C14H21ClN2O2S/c1-16(11-6-10-15)20(18,19)17-12-5-4-8-13-7-2-3-9-14(13)17/h2-3,7,9H,4-6,8,10-12H2,1H3. The summed E-state index contributed by atoms with van der Waals surface area (Å²) in [6.45, 7) is 0.995. The molecule has 0 fully saturated rings. The van der Waals surface area contributed by atoms with Crippen molar-refractivity contribution in [3.63, 3.8) is 0 Å². The molecule has 0 unspecified atom stereocenters. The van der Waals surface area contributed by atoms with E-state index in [0.29, 0.717) is 25.4 Å². The van der Waals surface area contributed by atoms with Gasteiger partial charge in [0.05, 0.1) is 5.69 Å². The molecule has 0 saturated carbocycles. The van der Waals surface area contributed by atoms with Crippen molar-refractivity contribution in [1.82, 2.24) is 4.31 Å². The second kappa shape index (κ2) is 6.78. The zero-order valence-electron chi connectivity index (χ0n) is 11.8. The molecule has 1 aromatic rings. The van der Waals surface area contributed by atoms with Gasteiger partial charge in [0.25, 0.3) is 0 Å². The van der Waals surface area contributed by atoms with Gasteiger partial charge in [0.1, 0.15) is 0 Å². The highest BCUT2D eigenvalue weighted by atomic mass is 35.5. The van der Waals surface area contributed by atoms with E-state index in [-0.39, 0.29) is 0 Å². The maximum atomic E-state index is 12.7. The predicted molar refractivity (Wildman–Crippen MR) is 83.6 cm³/mol. The summed E-state index contributed by atoms with van der Waals surface area (Å²) in [5.74, 6) is 0.469. The average molecular weight is 317 g/mol. The fourth-order valence-corrected chi connectivity index (χ4v) is 4.06. The molecule has 0 N–H and O–H groups in total. The van der Waals surface area contributed by atoms with E-state index in [1.807, 2.05) is 24.3 Å². The average Bonchev–Trinajstić information content (AvgIpc) is 2.67. The molecule has 0 aliphatic carbocycles. The highest BCUT2D eigenvalue weighted by molar-refractivity contribution is 7.90. The Hall–Kier alpha value is -0.780. The molecular weight excluding hydrogens is 296 g/mol. The highest BCUT2D eigenvalue weighted by Crippen LogP contribution is 2.29. The Morgan fingerprint density at radius 2 is 2.05 bits per heavy atom. The van der Waals surface area contributed by atoms with E-state index in [1.165, 1.54) is 4.31 Å². The molecule has 0 saturated heterocycles. The molecule has 112 valence electrons. The number of nitrogens with zero attached hydrogens (tertiary/aromatic N) is 2. The lowest BCUT2D eigenvalue weighted by atomic mass is 10.1. The van der Waals surface area contributed by atoms with E-state index >= 15 is 0 Å². The van der Waals surface area contributed by atoms with Crippen LogP contribution in [0.2, 0.25) is 0 Å². The first-order valence-electron chi connectivity index (χ1n) is 6.95. The van der Waals surface area contributed by atoms with Crippen molar-refractivity contribution in [2.75, 3.05) is 30.3 Å². The number of anilines is 1. The van der Waals surface area contributed by atoms with Gasteiger partial charge in [-0.05, 0) is 37.3 Å². The third-order valence-electron chi connectivity index (χ3n) is 3.60. The van der Waals surface area contributed by atoms with E-state index < -0.39 is 10.2 Å². The second-order valence-corrected chi connectivity index (χ2v) is 7.37. The van der Waals surface area contributed by atoms with Crippen LogP contribution in [0, 0.1) is 0 Å². The topological polar surface area (TPSA) is 40.6 Å². The van der Waals surface area contributed by atoms with Crippen molar-refractivity contribution >= 4 is 27.5 Å². The number of hydrogen-bond donors (Lipinski definition) is 0. The smallest absolute Gasteiger partial charge is 0.257 e. The van der Waals surface area contributed by atoms with Gasteiger partial charge in [-0.25, -0.2) is 0 Å². The highest BCUT2D eigenvalue weighted by Gasteiger charge is 2.29. The summed E-state index contributed by atoms with van der Waals surface area (Å²) in [4.78, 5) is 0. The summed E-state index contributed by atoms with van der Waals surface area (Å²) in [6, 6.07) is 7.77. The first-order chi connectivity index (χ1) is 9.57. The number of aryl methyl sites for hydroxylation is 1. The van der Waals surface area contributed by atoms with Crippen molar-refractivity contribution < 1.29 is 8.42 Å². The zero-order valence-corrected chi connectivity index (χ0v) is 13.3. The Kier molecular flexibility index (Phi) is 5.29. The molecule has 20 heavy (non-hydrogen) atoms. The van der Waals surface area contributed by atoms with Gasteiger partial charge >= 0.3 is 10.2 Å². The fourth-order valence-electron chi connectivity index (χ4n) is 2.46. The largest absolute Gasteiger partial charge is 0.303 e. The van der Waals surface area contributed by atoms with Crippen LogP contribution in [0.15, 0.2) is 24.3 Å². The first kappa shape index (κ1) is 15.6. The predicted octanol–water partition coefficient (Wildman–Crippen LogP) is 2.63. The van der Waals surface area contributed by atoms with Crippen LogP contribution in [0.5, 0.6) is 0 Å². The summed E-state index contributed by atoms with van der Waals surface area (Å²) in [7, 11) is -1.84. The summed E-state index contributed by atoms with van der Waals surface area (Å²) in [5, 5.41) is 0. The molecule has 1 heterocycles. The van der Waals surface area contributed by atoms with Gasteiger partial charge in [-0.15, -0.1) is 11.6 Å². The fraction of sp³-hybridized carbons (Fsp3) is 0.571. The molecule has 0 radical (unpaired) electrons. The Labute approximate surface area is 126 Å². The van der Waals surface area contributed by atoms with Crippen molar-refractivity contribution in [1.29, 1.82) is 0 Å². The van der Waals surface area contributed by atoms with E-state index in [9.17, 15) is 8.42 Å². The van der Waals surface area contributed by atoms with Gasteiger partial charge < -0.3 is 0 Å². The molecule has 1 aliphatic rings. The van der Waals surface area contributed by atoms with Crippen molar-refractivity contribution in [3.05, 3.63) is 29.8 Å². The third-order valence-corrected chi connectivity index (χ3v) is 5.77. The van der Waals surface area contributed by atoms with Crippen LogP contribution in [-0.2, 0) is 16.6 Å². The molecule has 2 rings (SSSR count). The Balaban J connectivity index is 2.31. The van der Waals surface area contributed by atoms with Crippen molar-refractivity contribution in [3.8, 4) is 0 Å². The van der Waals surface area contributed by atoms with Crippen LogP contribution in [-0.4, -0.2) is 38.7 Å². The monoisotopic (exact) mass is 316 g/mol. The third kappa shape index (κ3) is 3.27. The Morgan fingerprint density at radius 1 is 1.30 bits per heavy atom. The molecule has 1 aliphatic heterocycles. The molecule has 0 atom stereocenters. The lowest BCUT2D eigenvalue weighted by Gasteiger charge is -2.29. The lowest BCUT2D eigenvalue weighted by Crippen LogP contribution is -2.43. The van der Waals surface area contributed by atoms with Gasteiger partial charge in [-0.3, -0.25) is 4.31 Å². The Morgan fingerprint density at radius 3 is 2.80 bits per heavy atom. The maximum Gasteiger partial charge on any atom is 0.303 e. The minimum Gasteiger partial charge on any atom is -0.257 e. The van der Waals surface area contributed by atoms with Gasteiger partial charge in [0, 0.05) is 26.0 Å². The lowest BCUT2D eigenvalue weighted by molar-refractivity contribution is 0.465. The van der Waals surface area contributed by atoms with Gasteiger partial charge in [-0.2, -0.15) is 12.7 Å². The molecule has 0 spiro atoms.